The summed E-state index contributed by atoms with van der Waals surface area (Å²) in [5, 5.41) is 1.07. The lowest BCUT2D eigenvalue weighted by Gasteiger charge is -2.48. The highest BCUT2D eigenvalue weighted by Gasteiger charge is 2.48. The summed E-state index contributed by atoms with van der Waals surface area (Å²) in [6.45, 7) is 4.62. The Morgan fingerprint density at radius 1 is 1.17 bits per heavy atom. The zero-order valence-corrected chi connectivity index (χ0v) is 17.2. The molecule has 1 spiro atoms. The molecular formula is C22H27N3O4. The van der Waals surface area contributed by atoms with Crippen LogP contribution in [-0.4, -0.2) is 62.5 Å². The van der Waals surface area contributed by atoms with Crippen molar-refractivity contribution in [2.45, 2.75) is 32.3 Å². The number of carbonyl (C=O) groups is 1. The van der Waals surface area contributed by atoms with E-state index in [9.17, 15) is 4.79 Å². The van der Waals surface area contributed by atoms with Crippen molar-refractivity contribution in [3.8, 4) is 11.5 Å². The van der Waals surface area contributed by atoms with Crippen LogP contribution in [0.4, 0.5) is 5.69 Å². The summed E-state index contributed by atoms with van der Waals surface area (Å²) in [5.74, 6) is 1.79. The molecule has 1 atom stereocenters. The Labute approximate surface area is 170 Å². The van der Waals surface area contributed by atoms with Gasteiger partial charge in [0.2, 0.25) is 12.7 Å². The maximum Gasteiger partial charge on any atom is 0.231 e. The van der Waals surface area contributed by atoms with Crippen molar-refractivity contribution in [3.05, 3.63) is 23.9 Å². The number of benzene rings is 1. The number of likely N-dealkylation sites (tertiary alicyclic amines) is 1. The van der Waals surface area contributed by atoms with Crippen LogP contribution >= 0.6 is 0 Å². The van der Waals surface area contributed by atoms with E-state index in [1.807, 2.05) is 31.0 Å². The van der Waals surface area contributed by atoms with E-state index in [1.54, 1.807) is 7.11 Å². The number of fused-ring (bicyclic) bond motifs is 2. The van der Waals surface area contributed by atoms with E-state index < -0.39 is 0 Å². The second-order valence-corrected chi connectivity index (χ2v) is 8.52. The lowest BCUT2D eigenvalue weighted by Crippen LogP contribution is -2.56. The molecule has 3 aliphatic heterocycles. The predicted octanol–water partition coefficient (Wildman–Crippen LogP) is 2.74. The number of carbonyl (C=O) groups excluding carboxylic acids is 1. The first-order valence-electron chi connectivity index (χ1n) is 10.2. The quantitative estimate of drug-likeness (QED) is 0.777. The molecule has 5 rings (SSSR count). The Morgan fingerprint density at radius 2 is 1.90 bits per heavy atom. The third-order valence-electron chi connectivity index (χ3n) is 6.70. The molecule has 0 radical (unpaired) electrons. The maximum atomic E-state index is 13.0. The Balaban J connectivity index is 1.45. The van der Waals surface area contributed by atoms with Gasteiger partial charge < -0.3 is 24.0 Å². The molecule has 2 aromatic rings. The minimum absolute atomic E-state index is 0.119. The Hall–Kier alpha value is -2.54. The molecule has 7 nitrogen and oxygen atoms in total. The number of aromatic nitrogens is 1. The number of amides is 1. The fourth-order valence-corrected chi connectivity index (χ4v) is 5.12. The average molecular weight is 397 g/mol. The SMILES string of the molecule is COC1CN(C)C(=O)C2(CCN(c3cc(C)nc4cc5c(cc34)OCO5)CC2)C1. The molecule has 2 saturated heterocycles. The molecule has 4 heterocycles. The number of hydrogen-bond acceptors (Lipinski definition) is 6. The zero-order chi connectivity index (χ0) is 20.2. The number of hydrogen-bond donors (Lipinski definition) is 0. The summed E-state index contributed by atoms with van der Waals surface area (Å²) in [7, 11) is 3.64. The summed E-state index contributed by atoms with van der Waals surface area (Å²) in [4.78, 5) is 21.9. The molecule has 7 heteroatoms. The van der Waals surface area contributed by atoms with E-state index in [-0.39, 0.29) is 24.2 Å². The Kier molecular flexibility index (Phi) is 4.31. The number of ether oxygens (including phenoxy) is 3. The van der Waals surface area contributed by atoms with Gasteiger partial charge in [-0.1, -0.05) is 0 Å². The topological polar surface area (TPSA) is 64.1 Å². The van der Waals surface area contributed by atoms with Crippen molar-refractivity contribution in [2.24, 2.45) is 5.41 Å². The van der Waals surface area contributed by atoms with Gasteiger partial charge in [-0.15, -0.1) is 0 Å². The fraction of sp³-hybridized carbons (Fsp3) is 0.545. The maximum absolute atomic E-state index is 13.0. The fourth-order valence-electron chi connectivity index (χ4n) is 5.12. The summed E-state index contributed by atoms with van der Waals surface area (Å²) in [6, 6.07) is 6.13. The first kappa shape index (κ1) is 18.5. The molecular weight excluding hydrogens is 370 g/mol. The number of piperidine rings is 2. The molecule has 154 valence electrons. The molecule has 1 aromatic carbocycles. The third-order valence-corrected chi connectivity index (χ3v) is 6.70. The van der Waals surface area contributed by atoms with E-state index in [1.165, 1.54) is 0 Å². The Morgan fingerprint density at radius 3 is 2.62 bits per heavy atom. The minimum atomic E-state index is -0.305. The van der Waals surface area contributed by atoms with Crippen LogP contribution in [0.25, 0.3) is 10.9 Å². The van der Waals surface area contributed by atoms with Gasteiger partial charge in [0, 0.05) is 56.6 Å². The number of aryl methyl sites for hydroxylation is 1. The molecule has 2 fully saturated rings. The highest BCUT2D eigenvalue weighted by atomic mass is 16.7. The number of likely N-dealkylation sites (N-methyl/N-ethyl adjacent to an activating group) is 1. The third kappa shape index (κ3) is 2.99. The predicted molar refractivity (Wildman–Crippen MR) is 110 cm³/mol. The molecule has 29 heavy (non-hydrogen) atoms. The van der Waals surface area contributed by atoms with Crippen LogP contribution in [0.5, 0.6) is 11.5 Å². The summed E-state index contributed by atoms with van der Waals surface area (Å²) < 4.78 is 16.7. The summed E-state index contributed by atoms with van der Waals surface area (Å²) in [5.41, 5.74) is 2.73. The van der Waals surface area contributed by atoms with E-state index in [2.05, 4.69) is 11.0 Å². The van der Waals surface area contributed by atoms with Crippen LogP contribution in [-0.2, 0) is 9.53 Å². The second kappa shape index (κ2) is 6.76. The number of rotatable bonds is 2. The van der Waals surface area contributed by atoms with Crippen LogP contribution in [0.15, 0.2) is 18.2 Å². The monoisotopic (exact) mass is 397 g/mol. The van der Waals surface area contributed by atoms with E-state index in [0.717, 1.165) is 66.1 Å². The highest BCUT2D eigenvalue weighted by Crippen LogP contribution is 2.44. The molecule has 0 aliphatic carbocycles. The second-order valence-electron chi connectivity index (χ2n) is 8.52. The largest absolute Gasteiger partial charge is 0.454 e. The Bertz CT molecular complexity index is 968. The number of anilines is 1. The molecule has 1 unspecified atom stereocenters. The van der Waals surface area contributed by atoms with Gasteiger partial charge in [0.1, 0.15) is 0 Å². The average Bonchev–Trinajstić information content (AvgIpc) is 3.17. The lowest BCUT2D eigenvalue weighted by molar-refractivity contribution is -0.153. The van der Waals surface area contributed by atoms with Crippen molar-refractivity contribution in [1.29, 1.82) is 0 Å². The van der Waals surface area contributed by atoms with Gasteiger partial charge in [-0.05, 0) is 38.3 Å². The van der Waals surface area contributed by atoms with Crippen LogP contribution in [0.2, 0.25) is 0 Å². The first-order chi connectivity index (χ1) is 14.0. The van der Waals surface area contributed by atoms with Gasteiger partial charge in [0.25, 0.3) is 0 Å². The standard InChI is InChI=1S/C22H27N3O4/c1-14-8-18(16-9-19-20(29-13-28-19)10-17(16)23-14)25-6-4-22(5-7-25)11-15(27-3)12-24(2)21(22)26/h8-10,15H,4-7,11-13H2,1-3H3. The molecule has 1 amide bonds. The number of methoxy groups -OCH3 is 1. The van der Waals surface area contributed by atoms with Crippen molar-refractivity contribution < 1.29 is 19.0 Å². The lowest BCUT2D eigenvalue weighted by atomic mass is 9.71. The summed E-state index contributed by atoms with van der Waals surface area (Å²) in [6.07, 6.45) is 2.61. The highest BCUT2D eigenvalue weighted by molar-refractivity contribution is 5.94. The molecule has 0 bridgehead atoms. The zero-order valence-electron chi connectivity index (χ0n) is 17.2. The van der Waals surface area contributed by atoms with E-state index in [4.69, 9.17) is 19.2 Å². The molecule has 0 saturated carbocycles. The van der Waals surface area contributed by atoms with Crippen LogP contribution in [0, 0.1) is 12.3 Å². The van der Waals surface area contributed by atoms with E-state index in [0.29, 0.717) is 6.54 Å². The summed E-state index contributed by atoms with van der Waals surface area (Å²) >= 11 is 0. The van der Waals surface area contributed by atoms with Crippen molar-refractivity contribution in [3.63, 3.8) is 0 Å². The van der Waals surface area contributed by atoms with Gasteiger partial charge >= 0.3 is 0 Å². The number of pyridine rings is 1. The molecule has 0 N–H and O–H groups in total. The van der Waals surface area contributed by atoms with Crippen LogP contribution in [0.3, 0.4) is 0 Å². The van der Waals surface area contributed by atoms with Gasteiger partial charge in [-0.2, -0.15) is 0 Å². The molecule has 1 aromatic heterocycles. The van der Waals surface area contributed by atoms with Gasteiger partial charge in [0.15, 0.2) is 11.5 Å². The van der Waals surface area contributed by atoms with Crippen molar-refractivity contribution in [2.75, 3.05) is 45.5 Å². The van der Waals surface area contributed by atoms with E-state index >= 15 is 0 Å². The van der Waals surface area contributed by atoms with Gasteiger partial charge in [-0.3, -0.25) is 9.78 Å². The smallest absolute Gasteiger partial charge is 0.231 e. The van der Waals surface area contributed by atoms with Crippen LogP contribution in [0.1, 0.15) is 25.0 Å². The number of nitrogens with zero attached hydrogens (tertiary/aromatic N) is 3. The normalized spacial score (nSPS) is 23.3. The minimum Gasteiger partial charge on any atom is -0.454 e. The van der Waals surface area contributed by atoms with Crippen molar-refractivity contribution in [1.82, 2.24) is 9.88 Å². The van der Waals surface area contributed by atoms with Gasteiger partial charge in [0.05, 0.1) is 17.0 Å². The van der Waals surface area contributed by atoms with Gasteiger partial charge in [-0.25, -0.2) is 0 Å². The van der Waals surface area contributed by atoms with Crippen LogP contribution < -0.4 is 14.4 Å². The molecule has 3 aliphatic rings. The van der Waals surface area contributed by atoms with Crippen molar-refractivity contribution >= 4 is 22.5 Å². The first-order valence-corrected chi connectivity index (χ1v) is 10.2.